The third-order valence-corrected chi connectivity index (χ3v) is 5.41. The Morgan fingerprint density at radius 1 is 1.19 bits per heavy atom. The topological polar surface area (TPSA) is 74.0 Å². The molecule has 0 saturated carbocycles. The SMILES string of the molecule is Cc1cc(NC(=O)c2ccn(COc3ccc(Br)cc3Cl)n2)nn1Cc1ccccc1F. The first-order chi connectivity index (χ1) is 15.4. The van der Waals surface area contributed by atoms with Gasteiger partial charge in [-0.1, -0.05) is 45.7 Å². The first-order valence-corrected chi connectivity index (χ1v) is 10.8. The second-order valence-corrected chi connectivity index (χ2v) is 8.29. The van der Waals surface area contributed by atoms with Gasteiger partial charge in [-0.05, 0) is 37.3 Å². The number of carbonyl (C=O) groups excluding carboxylic acids is 1. The third-order valence-electron chi connectivity index (χ3n) is 4.62. The van der Waals surface area contributed by atoms with Crippen molar-refractivity contribution in [3.8, 4) is 5.75 Å². The molecule has 2 aromatic carbocycles. The van der Waals surface area contributed by atoms with E-state index < -0.39 is 5.91 Å². The second kappa shape index (κ2) is 9.54. The van der Waals surface area contributed by atoms with Crippen LogP contribution in [0.1, 0.15) is 21.7 Å². The van der Waals surface area contributed by atoms with Gasteiger partial charge in [0.15, 0.2) is 18.2 Å². The van der Waals surface area contributed by atoms with Crippen molar-refractivity contribution in [1.82, 2.24) is 19.6 Å². The Labute approximate surface area is 196 Å². The Kier molecular flexibility index (Phi) is 6.57. The minimum atomic E-state index is -0.416. The maximum atomic E-state index is 13.9. The minimum Gasteiger partial charge on any atom is -0.470 e. The lowest BCUT2D eigenvalue weighted by Crippen LogP contribution is -2.15. The minimum absolute atomic E-state index is 0.0883. The quantitative estimate of drug-likeness (QED) is 0.361. The van der Waals surface area contributed by atoms with Crippen LogP contribution < -0.4 is 10.1 Å². The normalized spacial score (nSPS) is 10.9. The highest BCUT2D eigenvalue weighted by molar-refractivity contribution is 9.10. The number of aryl methyl sites for hydroxylation is 1. The van der Waals surface area contributed by atoms with E-state index in [1.165, 1.54) is 10.7 Å². The number of halogens is 3. The van der Waals surface area contributed by atoms with Crippen LogP contribution in [0.4, 0.5) is 10.2 Å². The lowest BCUT2D eigenvalue weighted by molar-refractivity contribution is 0.101. The van der Waals surface area contributed by atoms with E-state index in [0.29, 0.717) is 22.2 Å². The summed E-state index contributed by atoms with van der Waals surface area (Å²) in [5.41, 5.74) is 1.51. The fraction of sp³-hybridized carbons (Fsp3) is 0.136. The summed E-state index contributed by atoms with van der Waals surface area (Å²) in [6.45, 7) is 2.19. The van der Waals surface area contributed by atoms with Crippen molar-refractivity contribution < 1.29 is 13.9 Å². The highest BCUT2D eigenvalue weighted by atomic mass is 79.9. The van der Waals surface area contributed by atoms with Gasteiger partial charge in [-0.25, -0.2) is 9.07 Å². The van der Waals surface area contributed by atoms with Crippen molar-refractivity contribution in [2.45, 2.75) is 20.2 Å². The van der Waals surface area contributed by atoms with Crippen molar-refractivity contribution in [2.75, 3.05) is 5.32 Å². The average molecular weight is 519 g/mol. The predicted molar refractivity (Wildman–Crippen MR) is 122 cm³/mol. The highest BCUT2D eigenvalue weighted by Crippen LogP contribution is 2.27. The number of hydrogen-bond donors (Lipinski definition) is 1. The number of amides is 1. The van der Waals surface area contributed by atoms with Gasteiger partial charge in [0.05, 0.1) is 11.6 Å². The van der Waals surface area contributed by atoms with Gasteiger partial charge in [-0.2, -0.15) is 10.2 Å². The zero-order valence-corrected chi connectivity index (χ0v) is 19.3. The van der Waals surface area contributed by atoms with Crippen molar-refractivity contribution in [3.05, 3.63) is 93.1 Å². The number of benzene rings is 2. The van der Waals surface area contributed by atoms with Gasteiger partial charge in [-0.3, -0.25) is 9.48 Å². The van der Waals surface area contributed by atoms with Gasteiger partial charge in [0.1, 0.15) is 11.6 Å². The van der Waals surface area contributed by atoms with Gasteiger partial charge in [-0.15, -0.1) is 0 Å². The molecular weight excluding hydrogens is 501 g/mol. The molecule has 0 bridgehead atoms. The molecule has 2 heterocycles. The number of aromatic nitrogens is 4. The fourth-order valence-corrected chi connectivity index (χ4v) is 3.71. The second-order valence-electron chi connectivity index (χ2n) is 6.96. The molecule has 0 aliphatic heterocycles. The first-order valence-electron chi connectivity index (χ1n) is 9.59. The number of hydrogen-bond acceptors (Lipinski definition) is 4. The molecule has 0 atom stereocenters. The molecule has 10 heteroatoms. The number of nitrogens with one attached hydrogen (secondary N) is 1. The molecule has 4 rings (SSSR count). The Morgan fingerprint density at radius 3 is 2.78 bits per heavy atom. The molecule has 0 aliphatic rings. The van der Waals surface area contributed by atoms with Crippen LogP contribution in [0.5, 0.6) is 5.75 Å². The predicted octanol–water partition coefficient (Wildman–Crippen LogP) is 5.28. The molecule has 1 amide bonds. The summed E-state index contributed by atoms with van der Waals surface area (Å²) >= 11 is 9.48. The standard InChI is InChI=1S/C22H18BrClFN5O2/c1-14-10-21(28-30(14)12-15-4-2-3-5-18(15)25)26-22(31)19-8-9-29(27-19)13-32-20-7-6-16(23)11-17(20)24/h2-11H,12-13H2,1H3,(H,26,28,31). The number of nitrogens with zero attached hydrogens (tertiary/aromatic N) is 4. The number of carbonyl (C=O) groups is 1. The van der Waals surface area contributed by atoms with E-state index in [-0.39, 0.29) is 24.8 Å². The molecule has 0 unspecified atom stereocenters. The fourth-order valence-electron chi connectivity index (χ4n) is 2.98. The van der Waals surface area contributed by atoms with E-state index in [0.717, 1.165) is 10.2 Å². The average Bonchev–Trinajstić information content (AvgIpc) is 3.36. The van der Waals surface area contributed by atoms with E-state index in [1.54, 1.807) is 53.3 Å². The molecule has 4 aromatic rings. The molecule has 0 saturated heterocycles. The number of ether oxygens (including phenoxy) is 1. The Bertz CT molecular complexity index is 1270. The highest BCUT2D eigenvalue weighted by Gasteiger charge is 2.14. The third kappa shape index (κ3) is 5.17. The maximum Gasteiger partial charge on any atom is 0.277 e. The molecule has 164 valence electrons. The summed E-state index contributed by atoms with van der Waals surface area (Å²) in [5, 5.41) is 11.8. The maximum absolute atomic E-state index is 13.9. The molecule has 2 aromatic heterocycles. The van der Waals surface area contributed by atoms with Crippen LogP contribution in [0.2, 0.25) is 5.02 Å². The molecule has 7 nitrogen and oxygen atoms in total. The van der Waals surface area contributed by atoms with Crippen LogP contribution in [0.15, 0.2) is 65.3 Å². The van der Waals surface area contributed by atoms with Crippen LogP contribution in [0.25, 0.3) is 0 Å². The molecule has 0 radical (unpaired) electrons. The molecular formula is C22H18BrClFN5O2. The van der Waals surface area contributed by atoms with Crippen LogP contribution >= 0.6 is 27.5 Å². The number of rotatable bonds is 7. The first kappa shape index (κ1) is 22.0. The van der Waals surface area contributed by atoms with E-state index in [9.17, 15) is 9.18 Å². The zero-order valence-electron chi connectivity index (χ0n) is 16.9. The van der Waals surface area contributed by atoms with Gasteiger partial charge >= 0.3 is 0 Å². The Hall–Kier alpha value is -3.17. The Morgan fingerprint density at radius 2 is 2.00 bits per heavy atom. The summed E-state index contributed by atoms with van der Waals surface area (Å²) in [6.07, 6.45) is 1.63. The van der Waals surface area contributed by atoms with E-state index in [2.05, 4.69) is 31.4 Å². The van der Waals surface area contributed by atoms with Gasteiger partial charge in [0, 0.05) is 28.0 Å². The largest absolute Gasteiger partial charge is 0.470 e. The van der Waals surface area contributed by atoms with Gasteiger partial charge in [0.2, 0.25) is 0 Å². The Balaban J connectivity index is 1.38. The lowest BCUT2D eigenvalue weighted by atomic mass is 10.2. The number of anilines is 1. The summed E-state index contributed by atoms with van der Waals surface area (Å²) in [7, 11) is 0. The van der Waals surface area contributed by atoms with Gasteiger partial charge in [0.25, 0.3) is 5.91 Å². The van der Waals surface area contributed by atoms with Crippen molar-refractivity contribution >= 4 is 39.3 Å². The van der Waals surface area contributed by atoms with E-state index in [4.69, 9.17) is 16.3 Å². The summed E-state index contributed by atoms with van der Waals surface area (Å²) in [5.74, 6) is 0.148. The van der Waals surface area contributed by atoms with E-state index in [1.807, 2.05) is 13.0 Å². The summed E-state index contributed by atoms with van der Waals surface area (Å²) < 4.78 is 23.5. The van der Waals surface area contributed by atoms with Crippen molar-refractivity contribution in [3.63, 3.8) is 0 Å². The van der Waals surface area contributed by atoms with Crippen LogP contribution in [-0.4, -0.2) is 25.5 Å². The smallest absolute Gasteiger partial charge is 0.277 e. The van der Waals surface area contributed by atoms with Crippen LogP contribution in [0.3, 0.4) is 0 Å². The van der Waals surface area contributed by atoms with Gasteiger partial charge < -0.3 is 10.1 Å². The summed E-state index contributed by atoms with van der Waals surface area (Å²) in [6, 6.07) is 15.1. The van der Waals surface area contributed by atoms with E-state index >= 15 is 0 Å². The van der Waals surface area contributed by atoms with Crippen LogP contribution in [-0.2, 0) is 13.3 Å². The zero-order chi connectivity index (χ0) is 22.7. The van der Waals surface area contributed by atoms with Crippen molar-refractivity contribution in [1.29, 1.82) is 0 Å². The van der Waals surface area contributed by atoms with Crippen molar-refractivity contribution in [2.24, 2.45) is 0 Å². The molecule has 0 spiro atoms. The molecule has 32 heavy (non-hydrogen) atoms. The molecule has 0 fully saturated rings. The summed E-state index contributed by atoms with van der Waals surface area (Å²) in [4.78, 5) is 12.6. The lowest BCUT2D eigenvalue weighted by Gasteiger charge is -2.08. The monoisotopic (exact) mass is 517 g/mol. The van der Waals surface area contributed by atoms with Crippen LogP contribution in [0, 0.1) is 12.7 Å². The molecule has 1 N–H and O–H groups in total. The molecule has 0 aliphatic carbocycles.